The van der Waals surface area contributed by atoms with Crippen molar-refractivity contribution in [2.75, 3.05) is 0 Å². The molecule has 5 aliphatic rings. The van der Waals surface area contributed by atoms with Gasteiger partial charge in [-0.25, -0.2) is 0 Å². The smallest absolute Gasteiger partial charge is 0.416 e. The van der Waals surface area contributed by atoms with Crippen molar-refractivity contribution in [3.05, 3.63) is 59.9 Å². The van der Waals surface area contributed by atoms with Gasteiger partial charge in [-0.2, -0.15) is 23.3 Å². The predicted molar refractivity (Wildman–Crippen MR) is 103 cm³/mol. The van der Waals surface area contributed by atoms with Gasteiger partial charge in [0.25, 0.3) is 11.8 Å². The number of benzene rings is 1. The van der Waals surface area contributed by atoms with Gasteiger partial charge in [-0.05, 0) is 54.4 Å². The molecular formula is C23H17F3N2O3. The lowest BCUT2D eigenvalue weighted by molar-refractivity contribution is -0.140. The molecule has 1 saturated heterocycles. The highest BCUT2D eigenvalue weighted by Crippen LogP contribution is 2.65. The zero-order chi connectivity index (χ0) is 21.5. The average molecular weight is 426 g/mol. The summed E-state index contributed by atoms with van der Waals surface area (Å²) in [7, 11) is 0. The lowest BCUT2D eigenvalue weighted by Crippen LogP contribution is -2.40. The molecule has 3 fully saturated rings. The maximum atomic E-state index is 12.9. The maximum absolute atomic E-state index is 12.9. The Balaban J connectivity index is 1.23. The monoisotopic (exact) mass is 426 g/mol. The van der Waals surface area contributed by atoms with Crippen LogP contribution in [-0.4, -0.2) is 23.0 Å². The number of imide groups is 1. The highest BCUT2D eigenvalue weighted by molar-refractivity contribution is 6.06. The molecule has 2 amide bonds. The minimum Gasteiger partial charge on any atom is -0.455 e. The largest absolute Gasteiger partial charge is 0.455 e. The lowest BCUT2D eigenvalue weighted by atomic mass is 9.63. The molecular weight excluding hydrogens is 409 g/mol. The summed E-state index contributed by atoms with van der Waals surface area (Å²) in [4.78, 5) is 25.8. The van der Waals surface area contributed by atoms with E-state index < -0.39 is 11.7 Å². The number of allylic oxidation sites excluding steroid dienone is 2. The van der Waals surface area contributed by atoms with Gasteiger partial charge in [-0.1, -0.05) is 24.3 Å². The van der Waals surface area contributed by atoms with E-state index in [1.165, 1.54) is 30.5 Å². The first-order valence-electron chi connectivity index (χ1n) is 10.2. The van der Waals surface area contributed by atoms with Crippen molar-refractivity contribution in [2.24, 2.45) is 40.6 Å². The number of carbonyl (C=O) groups excluding carboxylic acids is 2. The van der Waals surface area contributed by atoms with Crippen LogP contribution in [0.4, 0.5) is 13.2 Å². The van der Waals surface area contributed by atoms with Crippen LogP contribution in [0.3, 0.4) is 0 Å². The van der Waals surface area contributed by atoms with Gasteiger partial charge in [-0.3, -0.25) is 9.59 Å². The molecule has 0 spiro atoms. The number of rotatable bonds is 3. The number of halogens is 3. The van der Waals surface area contributed by atoms with E-state index in [1.807, 2.05) is 0 Å². The molecule has 5 nitrogen and oxygen atoms in total. The van der Waals surface area contributed by atoms with Crippen LogP contribution in [0.15, 0.2) is 58.1 Å². The van der Waals surface area contributed by atoms with Gasteiger partial charge in [-0.15, -0.1) is 0 Å². The van der Waals surface area contributed by atoms with Crippen LogP contribution < -0.4 is 0 Å². The molecule has 1 aromatic carbocycles. The SMILES string of the molecule is O=C1[C@H]2[C@@H]3C=C[C@H]([C@@H]4C[C@H]34)[C@@H]2C(=O)N1/N=C\c1ccc(-c2cccc(C(F)(F)F)c2)o1. The summed E-state index contributed by atoms with van der Waals surface area (Å²) in [6, 6.07) is 7.89. The van der Waals surface area contributed by atoms with Crippen LogP contribution in [0.5, 0.6) is 0 Å². The molecule has 158 valence electrons. The van der Waals surface area contributed by atoms with Crippen molar-refractivity contribution >= 4 is 18.0 Å². The fourth-order valence-corrected chi connectivity index (χ4v) is 5.60. The van der Waals surface area contributed by atoms with E-state index in [0.717, 1.165) is 23.6 Å². The first-order chi connectivity index (χ1) is 14.8. The van der Waals surface area contributed by atoms with Crippen molar-refractivity contribution < 1.29 is 27.2 Å². The third-order valence-electron chi connectivity index (χ3n) is 7.04. The third-order valence-corrected chi connectivity index (χ3v) is 7.04. The second-order valence-electron chi connectivity index (χ2n) is 8.67. The second kappa shape index (κ2) is 6.18. The zero-order valence-corrected chi connectivity index (χ0v) is 16.1. The van der Waals surface area contributed by atoms with Gasteiger partial charge in [0.1, 0.15) is 11.5 Å². The van der Waals surface area contributed by atoms with Crippen molar-refractivity contribution in [3.63, 3.8) is 0 Å². The minimum atomic E-state index is -4.45. The third kappa shape index (κ3) is 2.73. The first-order valence-corrected chi connectivity index (χ1v) is 10.2. The van der Waals surface area contributed by atoms with Crippen molar-refractivity contribution in [3.8, 4) is 11.3 Å². The van der Waals surface area contributed by atoms with E-state index in [-0.39, 0.29) is 52.6 Å². The molecule has 0 unspecified atom stereocenters. The summed E-state index contributed by atoms with van der Waals surface area (Å²) in [6.45, 7) is 0. The molecule has 0 radical (unpaired) electrons. The second-order valence-corrected chi connectivity index (χ2v) is 8.67. The van der Waals surface area contributed by atoms with Crippen LogP contribution in [0.2, 0.25) is 0 Å². The molecule has 6 atom stereocenters. The summed E-state index contributed by atoms with van der Waals surface area (Å²) in [5.41, 5.74) is -0.496. The Hall–Kier alpha value is -3.16. The summed E-state index contributed by atoms with van der Waals surface area (Å²) in [6.07, 6.45) is 2.08. The van der Waals surface area contributed by atoms with Gasteiger partial charge in [0, 0.05) is 5.56 Å². The fraction of sp³-hybridized carbons (Fsp3) is 0.348. The molecule has 0 N–H and O–H groups in total. The van der Waals surface area contributed by atoms with E-state index in [2.05, 4.69) is 17.3 Å². The van der Waals surface area contributed by atoms with Crippen LogP contribution in [0.25, 0.3) is 11.3 Å². The van der Waals surface area contributed by atoms with Crippen molar-refractivity contribution in [1.82, 2.24) is 5.01 Å². The van der Waals surface area contributed by atoms with Crippen LogP contribution in [0, 0.1) is 35.5 Å². The Morgan fingerprint density at radius 2 is 1.68 bits per heavy atom. The van der Waals surface area contributed by atoms with Crippen molar-refractivity contribution in [1.29, 1.82) is 0 Å². The Bertz CT molecular complexity index is 1130. The predicted octanol–water partition coefficient (Wildman–Crippen LogP) is 4.35. The molecule has 8 heteroatoms. The van der Waals surface area contributed by atoms with Gasteiger partial charge in [0.05, 0.1) is 23.6 Å². The average Bonchev–Trinajstić information content (AvgIpc) is 3.38. The van der Waals surface area contributed by atoms with E-state index in [4.69, 9.17) is 4.42 Å². The van der Waals surface area contributed by atoms with Crippen LogP contribution >= 0.6 is 0 Å². The topological polar surface area (TPSA) is 62.9 Å². The van der Waals surface area contributed by atoms with E-state index in [9.17, 15) is 22.8 Å². The van der Waals surface area contributed by atoms with Gasteiger partial charge < -0.3 is 4.42 Å². The zero-order valence-electron chi connectivity index (χ0n) is 16.1. The number of nitrogens with zero attached hydrogens (tertiary/aromatic N) is 2. The molecule has 2 bridgehead atoms. The lowest BCUT2D eigenvalue weighted by Gasteiger charge is -2.37. The fourth-order valence-electron chi connectivity index (χ4n) is 5.60. The normalized spacial score (nSPS) is 33.3. The summed E-state index contributed by atoms with van der Waals surface area (Å²) < 4.78 is 44.4. The molecule has 1 aliphatic heterocycles. The standard InChI is InChI=1S/C23H17F3N2O3/c24-23(25,26)12-3-1-2-11(8-12)18-7-4-13(31-18)10-27-28-21(29)19-14-5-6-15(17-9-16(14)17)20(19)22(28)30/h1-8,10,14-17,19-20H,9H2/b27-10-/t14-,15-,16-,17+,19+,20+/m1/s1. The molecule has 31 heavy (non-hydrogen) atoms. The first kappa shape index (κ1) is 18.6. The van der Waals surface area contributed by atoms with E-state index >= 15 is 0 Å². The summed E-state index contributed by atoms with van der Waals surface area (Å²) in [5, 5.41) is 5.03. The van der Waals surface area contributed by atoms with Gasteiger partial charge in [0.2, 0.25) is 0 Å². The Morgan fingerprint density at radius 3 is 2.32 bits per heavy atom. The number of carbonyl (C=O) groups is 2. The number of amides is 2. The summed E-state index contributed by atoms with van der Waals surface area (Å²) in [5.74, 6) is 0.520. The number of hydrazone groups is 1. The van der Waals surface area contributed by atoms with Gasteiger partial charge in [0.15, 0.2) is 0 Å². The van der Waals surface area contributed by atoms with Crippen LogP contribution in [0.1, 0.15) is 17.7 Å². The number of alkyl halides is 3. The number of hydrogen-bond donors (Lipinski definition) is 0. The molecule has 4 aliphatic carbocycles. The molecule has 2 saturated carbocycles. The quantitative estimate of drug-likeness (QED) is 0.416. The number of furan rings is 1. The number of hydrogen-bond acceptors (Lipinski definition) is 4. The van der Waals surface area contributed by atoms with E-state index in [0.29, 0.717) is 11.8 Å². The molecule has 1 aromatic heterocycles. The molecule has 7 rings (SSSR count). The molecule has 2 heterocycles. The Labute approximate surface area is 175 Å². The highest BCUT2D eigenvalue weighted by Gasteiger charge is 2.67. The Kier molecular flexibility index (Phi) is 3.71. The highest BCUT2D eigenvalue weighted by atomic mass is 19.4. The van der Waals surface area contributed by atoms with E-state index in [1.54, 1.807) is 0 Å². The maximum Gasteiger partial charge on any atom is 0.416 e. The van der Waals surface area contributed by atoms with Crippen LogP contribution in [-0.2, 0) is 15.8 Å². The molecule has 2 aromatic rings. The van der Waals surface area contributed by atoms with Gasteiger partial charge >= 0.3 is 6.18 Å². The minimum absolute atomic E-state index is 0.118. The van der Waals surface area contributed by atoms with Crippen molar-refractivity contribution in [2.45, 2.75) is 12.6 Å². The Morgan fingerprint density at radius 1 is 1.00 bits per heavy atom. The summed E-state index contributed by atoms with van der Waals surface area (Å²) >= 11 is 0.